The molecular formula is C16H22N2O4. The predicted octanol–water partition coefficient (Wildman–Crippen LogP) is 1.58. The Bertz CT molecular complexity index is 517. The van der Waals surface area contributed by atoms with E-state index in [0.717, 1.165) is 5.56 Å². The zero-order valence-electron chi connectivity index (χ0n) is 13.1. The maximum Gasteiger partial charge on any atom is 0.305 e. The van der Waals surface area contributed by atoms with Crippen LogP contribution in [-0.2, 0) is 19.7 Å². The molecule has 0 aliphatic carbocycles. The van der Waals surface area contributed by atoms with E-state index in [0.29, 0.717) is 44.7 Å². The lowest BCUT2D eigenvalue weighted by atomic mass is 9.72. The van der Waals surface area contributed by atoms with E-state index >= 15 is 0 Å². The van der Waals surface area contributed by atoms with Crippen LogP contribution in [0.5, 0.6) is 5.88 Å². The van der Waals surface area contributed by atoms with Crippen molar-refractivity contribution in [1.29, 1.82) is 0 Å². The van der Waals surface area contributed by atoms with Crippen molar-refractivity contribution in [2.45, 2.75) is 38.0 Å². The Morgan fingerprint density at radius 3 is 2.82 bits per heavy atom. The molecule has 6 heteroatoms. The lowest BCUT2D eigenvalue weighted by Crippen LogP contribution is -2.46. The van der Waals surface area contributed by atoms with Gasteiger partial charge in [-0.15, -0.1) is 0 Å². The highest BCUT2D eigenvalue weighted by Crippen LogP contribution is 2.36. The zero-order valence-corrected chi connectivity index (χ0v) is 13.1. The van der Waals surface area contributed by atoms with Crippen molar-refractivity contribution in [3.63, 3.8) is 0 Å². The van der Waals surface area contributed by atoms with Crippen LogP contribution in [0.2, 0.25) is 0 Å². The molecule has 1 amide bonds. The molecule has 1 atom stereocenters. The number of carbonyl (C=O) groups excluding carboxylic acids is 2. The highest BCUT2D eigenvalue weighted by Gasteiger charge is 2.37. The van der Waals surface area contributed by atoms with Gasteiger partial charge in [-0.3, -0.25) is 9.59 Å². The Morgan fingerprint density at radius 1 is 1.45 bits per heavy atom. The number of hydrogen-bond donors (Lipinski definition) is 1. The first kappa shape index (κ1) is 16.3. The molecule has 1 aromatic heterocycles. The average molecular weight is 306 g/mol. The van der Waals surface area contributed by atoms with Crippen molar-refractivity contribution in [2.24, 2.45) is 0 Å². The van der Waals surface area contributed by atoms with E-state index in [1.807, 2.05) is 6.07 Å². The molecule has 2 rings (SSSR count). The first-order valence-electron chi connectivity index (χ1n) is 7.52. The molecule has 0 radical (unpaired) electrons. The number of pyridine rings is 1. The highest BCUT2D eigenvalue weighted by atomic mass is 16.5. The SMILES string of the molecule is CCOC(=O)CC[C@@]1(c2ccc(OC)nc2)CCC(=O)NC1. The Balaban J connectivity index is 2.17. The number of rotatable bonds is 6. The van der Waals surface area contributed by atoms with Crippen molar-refractivity contribution in [2.75, 3.05) is 20.3 Å². The zero-order chi connectivity index (χ0) is 16.0. The summed E-state index contributed by atoms with van der Waals surface area (Å²) < 4.78 is 10.1. The summed E-state index contributed by atoms with van der Waals surface area (Å²) in [5.41, 5.74) is 0.734. The van der Waals surface area contributed by atoms with Gasteiger partial charge in [-0.25, -0.2) is 4.98 Å². The molecule has 1 saturated heterocycles. The second-order valence-corrected chi connectivity index (χ2v) is 5.45. The van der Waals surface area contributed by atoms with Gasteiger partial charge in [-0.1, -0.05) is 6.07 Å². The minimum Gasteiger partial charge on any atom is -0.481 e. The third kappa shape index (κ3) is 3.75. The maximum absolute atomic E-state index is 11.7. The van der Waals surface area contributed by atoms with Crippen molar-refractivity contribution in [3.05, 3.63) is 23.9 Å². The normalized spacial score (nSPS) is 21.1. The summed E-state index contributed by atoms with van der Waals surface area (Å²) in [5.74, 6) is 0.387. The fraction of sp³-hybridized carbons (Fsp3) is 0.562. The van der Waals surface area contributed by atoms with Crippen LogP contribution in [0.4, 0.5) is 0 Å². The van der Waals surface area contributed by atoms with Crippen LogP contribution in [0.25, 0.3) is 0 Å². The lowest BCUT2D eigenvalue weighted by Gasteiger charge is -2.37. The number of methoxy groups -OCH3 is 1. The number of aromatic nitrogens is 1. The fourth-order valence-corrected chi connectivity index (χ4v) is 2.79. The molecule has 22 heavy (non-hydrogen) atoms. The summed E-state index contributed by atoms with van der Waals surface area (Å²) in [6.07, 6.45) is 3.87. The topological polar surface area (TPSA) is 77.5 Å². The van der Waals surface area contributed by atoms with Crippen LogP contribution >= 0.6 is 0 Å². The predicted molar refractivity (Wildman–Crippen MR) is 80.6 cm³/mol. The molecule has 0 aromatic carbocycles. The Kier molecular flexibility index (Phi) is 5.35. The Hall–Kier alpha value is -2.11. The monoisotopic (exact) mass is 306 g/mol. The molecule has 1 aromatic rings. The number of carbonyl (C=O) groups is 2. The van der Waals surface area contributed by atoms with E-state index in [1.54, 1.807) is 26.3 Å². The highest BCUT2D eigenvalue weighted by molar-refractivity contribution is 5.77. The molecule has 1 fully saturated rings. The van der Waals surface area contributed by atoms with Gasteiger partial charge >= 0.3 is 5.97 Å². The molecule has 2 heterocycles. The molecule has 0 unspecified atom stereocenters. The molecule has 120 valence electrons. The fourth-order valence-electron chi connectivity index (χ4n) is 2.79. The molecule has 1 aliphatic rings. The largest absolute Gasteiger partial charge is 0.481 e. The van der Waals surface area contributed by atoms with Gasteiger partial charge in [0.15, 0.2) is 0 Å². The number of amides is 1. The molecule has 1 aliphatic heterocycles. The van der Waals surface area contributed by atoms with Crippen LogP contribution in [-0.4, -0.2) is 37.1 Å². The van der Waals surface area contributed by atoms with Crippen molar-refractivity contribution >= 4 is 11.9 Å². The standard InChI is InChI=1S/C16H22N2O4/c1-3-22-15(20)7-9-16(8-6-13(19)18-11-16)12-4-5-14(21-2)17-10-12/h4-5,10H,3,6-9,11H2,1-2H3,(H,18,19)/t16-/m0/s1. The van der Waals surface area contributed by atoms with Crippen LogP contribution < -0.4 is 10.1 Å². The Morgan fingerprint density at radius 2 is 2.27 bits per heavy atom. The number of nitrogens with one attached hydrogen (secondary N) is 1. The summed E-state index contributed by atoms with van der Waals surface area (Å²) in [5, 5.41) is 2.91. The van der Waals surface area contributed by atoms with Crippen molar-refractivity contribution in [1.82, 2.24) is 10.3 Å². The van der Waals surface area contributed by atoms with E-state index in [1.165, 1.54) is 0 Å². The average Bonchev–Trinajstić information content (AvgIpc) is 2.55. The third-order valence-electron chi connectivity index (χ3n) is 4.13. The summed E-state index contributed by atoms with van der Waals surface area (Å²) in [4.78, 5) is 27.4. The second-order valence-electron chi connectivity index (χ2n) is 5.45. The maximum atomic E-state index is 11.7. The van der Waals surface area contributed by atoms with Crippen LogP contribution in [0.3, 0.4) is 0 Å². The Labute approximate surface area is 130 Å². The van der Waals surface area contributed by atoms with E-state index in [2.05, 4.69) is 10.3 Å². The van der Waals surface area contributed by atoms with Gasteiger partial charge in [0, 0.05) is 37.1 Å². The summed E-state index contributed by atoms with van der Waals surface area (Å²) >= 11 is 0. The second kappa shape index (κ2) is 7.24. The minimum absolute atomic E-state index is 0.0493. The third-order valence-corrected chi connectivity index (χ3v) is 4.13. The number of nitrogens with zero attached hydrogens (tertiary/aromatic N) is 1. The number of ether oxygens (including phenoxy) is 2. The molecular weight excluding hydrogens is 284 g/mol. The van der Waals surface area contributed by atoms with Crippen LogP contribution in [0, 0.1) is 0 Å². The van der Waals surface area contributed by atoms with Crippen molar-refractivity contribution in [3.8, 4) is 5.88 Å². The van der Waals surface area contributed by atoms with E-state index < -0.39 is 0 Å². The number of hydrogen-bond acceptors (Lipinski definition) is 5. The van der Waals surface area contributed by atoms with Crippen LogP contribution in [0.1, 0.15) is 38.2 Å². The smallest absolute Gasteiger partial charge is 0.305 e. The first-order chi connectivity index (χ1) is 10.6. The van der Waals surface area contributed by atoms with Crippen LogP contribution in [0.15, 0.2) is 18.3 Å². The molecule has 0 spiro atoms. The van der Waals surface area contributed by atoms with Crippen molar-refractivity contribution < 1.29 is 19.1 Å². The van der Waals surface area contributed by atoms with Gasteiger partial charge in [0.05, 0.1) is 13.7 Å². The lowest BCUT2D eigenvalue weighted by molar-refractivity contribution is -0.143. The summed E-state index contributed by atoms with van der Waals surface area (Å²) in [6, 6.07) is 3.76. The van der Waals surface area contributed by atoms with E-state index in [-0.39, 0.29) is 17.3 Å². The molecule has 6 nitrogen and oxygen atoms in total. The minimum atomic E-state index is -0.278. The van der Waals surface area contributed by atoms with Gasteiger partial charge in [0.2, 0.25) is 11.8 Å². The quantitative estimate of drug-likeness (QED) is 0.807. The van der Waals surface area contributed by atoms with Gasteiger partial charge < -0.3 is 14.8 Å². The number of piperidine rings is 1. The number of esters is 1. The van der Waals surface area contributed by atoms with Gasteiger partial charge in [0.25, 0.3) is 0 Å². The molecule has 0 bridgehead atoms. The summed E-state index contributed by atoms with van der Waals surface area (Å²) in [7, 11) is 1.57. The summed E-state index contributed by atoms with van der Waals surface area (Å²) in [6.45, 7) is 2.69. The van der Waals surface area contributed by atoms with Gasteiger partial charge in [0.1, 0.15) is 0 Å². The van der Waals surface area contributed by atoms with Gasteiger partial charge in [-0.2, -0.15) is 0 Å². The first-order valence-corrected chi connectivity index (χ1v) is 7.52. The molecule has 0 saturated carbocycles. The molecule has 1 N–H and O–H groups in total. The van der Waals surface area contributed by atoms with E-state index in [9.17, 15) is 9.59 Å². The van der Waals surface area contributed by atoms with Gasteiger partial charge in [-0.05, 0) is 25.3 Å². The van der Waals surface area contributed by atoms with E-state index in [4.69, 9.17) is 9.47 Å².